The number of likely N-dealkylation sites (tertiary alicyclic amines) is 1. The van der Waals surface area contributed by atoms with Gasteiger partial charge in [0, 0.05) is 13.1 Å². The second-order valence-corrected chi connectivity index (χ2v) is 6.61. The van der Waals surface area contributed by atoms with Gasteiger partial charge in [-0.25, -0.2) is 0 Å². The van der Waals surface area contributed by atoms with Gasteiger partial charge in [0.25, 0.3) is 0 Å². The van der Waals surface area contributed by atoms with Crippen molar-refractivity contribution >= 4 is 11.9 Å². The number of rotatable bonds is 6. The third-order valence-corrected chi connectivity index (χ3v) is 5.22. The number of ether oxygens (including phenoxy) is 1. The van der Waals surface area contributed by atoms with E-state index in [4.69, 9.17) is 4.74 Å². The van der Waals surface area contributed by atoms with E-state index < -0.39 is 11.4 Å². The number of carboxylic acid groups (broad SMARTS) is 1. The minimum absolute atomic E-state index is 0.00749. The van der Waals surface area contributed by atoms with E-state index in [1.807, 2.05) is 30.3 Å². The quantitative estimate of drug-likeness (QED) is 0.818. The predicted octanol–water partition coefficient (Wildman–Crippen LogP) is 2.31. The number of benzene rings is 1. The zero-order chi connectivity index (χ0) is 16.3. The molecule has 1 amide bonds. The number of hydrogen-bond donors (Lipinski definition) is 1. The monoisotopic (exact) mass is 317 g/mol. The van der Waals surface area contributed by atoms with Crippen molar-refractivity contribution in [1.29, 1.82) is 0 Å². The Kier molecular flexibility index (Phi) is 4.66. The maximum atomic E-state index is 12.3. The van der Waals surface area contributed by atoms with Gasteiger partial charge < -0.3 is 14.7 Å². The van der Waals surface area contributed by atoms with Gasteiger partial charge in [-0.1, -0.05) is 36.8 Å². The van der Waals surface area contributed by atoms with Crippen molar-refractivity contribution in [3.63, 3.8) is 0 Å². The normalized spacial score (nSPS) is 26.3. The van der Waals surface area contributed by atoms with E-state index in [0.29, 0.717) is 39.1 Å². The van der Waals surface area contributed by atoms with Crippen LogP contribution in [0.15, 0.2) is 30.3 Å². The molecule has 5 heteroatoms. The maximum absolute atomic E-state index is 12.3. The molecule has 1 N–H and O–H groups in total. The van der Waals surface area contributed by atoms with Crippen molar-refractivity contribution in [2.45, 2.75) is 32.3 Å². The summed E-state index contributed by atoms with van der Waals surface area (Å²) >= 11 is 0. The van der Waals surface area contributed by atoms with Crippen LogP contribution in [-0.2, 0) is 20.9 Å². The highest BCUT2D eigenvalue weighted by molar-refractivity contribution is 5.81. The smallest absolute Gasteiger partial charge is 0.311 e. The molecule has 0 bridgehead atoms. The lowest BCUT2D eigenvalue weighted by atomic mass is 9.81. The van der Waals surface area contributed by atoms with Gasteiger partial charge >= 0.3 is 5.97 Å². The number of carbonyl (C=O) groups excluding carboxylic acids is 1. The van der Waals surface area contributed by atoms with Crippen LogP contribution in [0.25, 0.3) is 0 Å². The second-order valence-electron chi connectivity index (χ2n) is 6.61. The lowest BCUT2D eigenvalue weighted by Gasteiger charge is -2.23. The first-order chi connectivity index (χ1) is 11.1. The predicted molar refractivity (Wildman–Crippen MR) is 84.7 cm³/mol. The number of amides is 1. The highest BCUT2D eigenvalue weighted by Gasteiger charge is 2.55. The fourth-order valence-corrected chi connectivity index (χ4v) is 3.91. The summed E-state index contributed by atoms with van der Waals surface area (Å²) in [5, 5.41) is 9.55. The number of carboxylic acids is 1. The highest BCUT2D eigenvalue weighted by Crippen LogP contribution is 2.48. The molecule has 0 unspecified atom stereocenters. The minimum Gasteiger partial charge on any atom is -0.481 e. The summed E-state index contributed by atoms with van der Waals surface area (Å²) in [6.45, 7) is 1.82. The summed E-state index contributed by atoms with van der Waals surface area (Å²) in [6, 6.07) is 9.84. The Morgan fingerprint density at radius 2 is 2.09 bits per heavy atom. The topological polar surface area (TPSA) is 66.8 Å². The molecule has 5 nitrogen and oxygen atoms in total. The molecule has 1 heterocycles. The van der Waals surface area contributed by atoms with Crippen LogP contribution in [0.2, 0.25) is 0 Å². The third-order valence-electron chi connectivity index (χ3n) is 5.22. The van der Waals surface area contributed by atoms with E-state index in [9.17, 15) is 14.7 Å². The number of aliphatic carboxylic acids is 1. The van der Waals surface area contributed by atoms with E-state index in [1.165, 1.54) is 0 Å². The summed E-state index contributed by atoms with van der Waals surface area (Å²) in [4.78, 5) is 25.7. The number of carbonyl (C=O) groups is 2. The van der Waals surface area contributed by atoms with Crippen LogP contribution >= 0.6 is 0 Å². The van der Waals surface area contributed by atoms with Crippen LogP contribution in [0, 0.1) is 11.3 Å². The van der Waals surface area contributed by atoms with Gasteiger partial charge in [-0.3, -0.25) is 9.59 Å². The average molecular weight is 317 g/mol. The Morgan fingerprint density at radius 1 is 1.30 bits per heavy atom. The number of fused-ring (bicyclic) bond motifs is 1. The Hall–Kier alpha value is -1.88. The zero-order valence-corrected chi connectivity index (χ0v) is 13.2. The van der Waals surface area contributed by atoms with Gasteiger partial charge in [-0.15, -0.1) is 0 Å². The zero-order valence-electron chi connectivity index (χ0n) is 13.2. The SMILES string of the molecule is O=C(CCOCc1ccccc1)N1C[C@@H]2CCC[C@@]2(C(=O)O)C1. The summed E-state index contributed by atoms with van der Waals surface area (Å²) in [5.41, 5.74) is 0.390. The Labute approximate surface area is 136 Å². The molecule has 1 aliphatic carbocycles. The van der Waals surface area contributed by atoms with Crippen LogP contribution in [0.3, 0.4) is 0 Å². The van der Waals surface area contributed by atoms with E-state index >= 15 is 0 Å². The molecule has 1 aromatic carbocycles. The van der Waals surface area contributed by atoms with Crippen molar-refractivity contribution in [2.24, 2.45) is 11.3 Å². The minimum atomic E-state index is -0.740. The van der Waals surface area contributed by atoms with E-state index in [-0.39, 0.29) is 11.8 Å². The molecule has 3 rings (SSSR count). The molecule has 2 aliphatic rings. The van der Waals surface area contributed by atoms with Crippen molar-refractivity contribution in [2.75, 3.05) is 19.7 Å². The van der Waals surface area contributed by atoms with Gasteiger partial charge in [-0.05, 0) is 24.3 Å². The molecule has 2 fully saturated rings. The Bertz CT molecular complexity index is 574. The van der Waals surface area contributed by atoms with Gasteiger partial charge in [-0.2, -0.15) is 0 Å². The molecule has 0 spiro atoms. The lowest BCUT2D eigenvalue weighted by Crippen LogP contribution is -2.37. The largest absolute Gasteiger partial charge is 0.481 e. The van der Waals surface area contributed by atoms with E-state index in [1.54, 1.807) is 4.90 Å². The Morgan fingerprint density at radius 3 is 2.78 bits per heavy atom. The van der Waals surface area contributed by atoms with Crippen molar-refractivity contribution in [1.82, 2.24) is 4.90 Å². The molecule has 1 saturated carbocycles. The van der Waals surface area contributed by atoms with Gasteiger partial charge in [0.1, 0.15) is 0 Å². The first-order valence-corrected chi connectivity index (χ1v) is 8.25. The van der Waals surface area contributed by atoms with Crippen LogP contribution in [-0.4, -0.2) is 41.6 Å². The number of nitrogens with zero attached hydrogens (tertiary/aromatic N) is 1. The standard InChI is InChI=1S/C18H23NO4/c20-16(8-10-23-12-14-5-2-1-3-6-14)19-11-15-7-4-9-18(15,13-19)17(21)22/h1-3,5-6,15H,4,7-13H2,(H,21,22)/t15-,18+/m0/s1. The third kappa shape index (κ3) is 3.24. The van der Waals surface area contributed by atoms with Crippen molar-refractivity contribution in [3.05, 3.63) is 35.9 Å². The van der Waals surface area contributed by atoms with Crippen LogP contribution in [0.4, 0.5) is 0 Å². The molecule has 1 aromatic rings. The molecule has 0 aromatic heterocycles. The van der Waals surface area contributed by atoms with Crippen LogP contribution < -0.4 is 0 Å². The summed E-state index contributed by atoms with van der Waals surface area (Å²) in [5.74, 6) is -0.613. The average Bonchev–Trinajstić information content (AvgIpc) is 3.10. The molecule has 1 aliphatic heterocycles. The highest BCUT2D eigenvalue weighted by atomic mass is 16.5. The number of hydrogen-bond acceptors (Lipinski definition) is 3. The van der Waals surface area contributed by atoms with Gasteiger partial charge in [0.2, 0.25) is 5.91 Å². The van der Waals surface area contributed by atoms with Gasteiger partial charge in [0.05, 0.1) is 25.0 Å². The summed E-state index contributed by atoms with van der Waals surface area (Å²) < 4.78 is 5.55. The Balaban J connectivity index is 1.45. The molecule has 0 radical (unpaired) electrons. The molecule has 2 atom stereocenters. The first-order valence-electron chi connectivity index (χ1n) is 8.25. The second kappa shape index (κ2) is 6.71. The van der Waals surface area contributed by atoms with E-state index in [2.05, 4.69) is 0 Å². The molecule has 23 heavy (non-hydrogen) atoms. The van der Waals surface area contributed by atoms with Crippen molar-refractivity contribution < 1.29 is 19.4 Å². The summed E-state index contributed by atoms with van der Waals surface area (Å²) in [7, 11) is 0. The fraction of sp³-hybridized carbons (Fsp3) is 0.556. The van der Waals surface area contributed by atoms with Gasteiger partial charge in [0.15, 0.2) is 0 Å². The molecular weight excluding hydrogens is 294 g/mol. The first kappa shape index (κ1) is 16.0. The fourth-order valence-electron chi connectivity index (χ4n) is 3.91. The molecule has 1 saturated heterocycles. The van der Waals surface area contributed by atoms with Crippen LogP contribution in [0.1, 0.15) is 31.2 Å². The molecule has 124 valence electrons. The van der Waals surface area contributed by atoms with Crippen LogP contribution in [0.5, 0.6) is 0 Å². The lowest BCUT2D eigenvalue weighted by molar-refractivity contribution is -0.149. The van der Waals surface area contributed by atoms with E-state index in [0.717, 1.165) is 18.4 Å². The molecular formula is C18H23NO4. The maximum Gasteiger partial charge on any atom is 0.311 e. The summed E-state index contributed by atoms with van der Waals surface area (Å²) in [6.07, 6.45) is 2.89. The van der Waals surface area contributed by atoms with Crippen molar-refractivity contribution in [3.8, 4) is 0 Å².